The lowest BCUT2D eigenvalue weighted by Gasteiger charge is -2.45. The van der Waals surface area contributed by atoms with Crippen molar-refractivity contribution in [2.24, 2.45) is 0 Å². The summed E-state index contributed by atoms with van der Waals surface area (Å²) < 4.78 is 52.6. The first-order valence-corrected chi connectivity index (χ1v) is 10.1. The van der Waals surface area contributed by atoms with Crippen molar-refractivity contribution >= 4 is 10.0 Å². The monoisotopic (exact) mass is 371 g/mol. The van der Waals surface area contributed by atoms with Gasteiger partial charge in [0, 0.05) is 12.8 Å². The third kappa shape index (κ3) is 3.60. The first kappa shape index (κ1) is 18.8. The van der Waals surface area contributed by atoms with Crippen molar-refractivity contribution in [3.8, 4) is 0 Å². The Balaban J connectivity index is 1.94. The van der Waals surface area contributed by atoms with Crippen molar-refractivity contribution in [1.29, 1.82) is 0 Å². The summed E-state index contributed by atoms with van der Waals surface area (Å²) in [5.74, 6) is -0.941. The predicted octanol–water partition coefficient (Wildman–Crippen LogP) is 3.06. The Kier molecular flexibility index (Phi) is 4.73. The minimum absolute atomic E-state index is 0.340. The number of hydrogen-bond acceptors (Lipinski definition) is 4. The van der Waals surface area contributed by atoms with Crippen LogP contribution < -0.4 is 4.72 Å². The van der Waals surface area contributed by atoms with Crippen molar-refractivity contribution < 1.29 is 22.3 Å². The highest BCUT2D eigenvalue weighted by molar-refractivity contribution is 7.90. The molecule has 1 aromatic rings. The summed E-state index contributed by atoms with van der Waals surface area (Å²) in [6, 6.07) is 6.06. The number of ether oxygens (including phenoxy) is 2. The van der Waals surface area contributed by atoms with E-state index in [0.717, 1.165) is 5.56 Å². The van der Waals surface area contributed by atoms with Gasteiger partial charge in [-0.3, -0.25) is 0 Å². The van der Waals surface area contributed by atoms with E-state index in [1.807, 2.05) is 0 Å². The highest BCUT2D eigenvalue weighted by atomic mass is 32.2. The van der Waals surface area contributed by atoms with Crippen LogP contribution in [0.2, 0.25) is 0 Å². The Morgan fingerprint density at radius 2 is 1.52 bits per heavy atom. The Labute approximate surface area is 149 Å². The highest BCUT2D eigenvalue weighted by Gasteiger charge is 2.49. The molecular weight excluding hydrogens is 345 g/mol. The molecule has 1 heterocycles. The largest absolute Gasteiger partial charge is 0.348 e. The molecule has 1 saturated heterocycles. The minimum Gasteiger partial charge on any atom is -0.348 e. The quantitative estimate of drug-likeness (QED) is 0.887. The number of sulfonamides is 1. The van der Waals surface area contributed by atoms with Gasteiger partial charge in [0.25, 0.3) is 0 Å². The van der Waals surface area contributed by atoms with Gasteiger partial charge in [-0.15, -0.1) is 0 Å². The number of nitrogens with one attached hydrogen (secondary N) is 1. The maximum Gasteiger partial charge on any atom is 0.217 e. The van der Waals surface area contributed by atoms with Crippen LogP contribution in [0, 0.1) is 5.82 Å². The van der Waals surface area contributed by atoms with Gasteiger partial charge >= 0.3 is 0 Å². The Hall–Kier alpha value is -1.02. The van der Waals surface area contributed by atoms with E-state index in [4.69, 9.17) is 9.47 Å². The summed E-state index contributed by atoms with van der Waals surface area (Å²) in [5.41, 5.74) is -0.00466. The van der Waals surface area contributed by atoms with Gasteiger partial charge in [0.15, 0.2) is 5.79 Å². The Morgan fingerprint density at radius 3 is 2.00 bits per heavy atom. The predicted molar refractivity (Wildman–Crippen MR) is 93.0 cm³/mol. The van der Waals surface area contributed by atoms with Crippen molar-refractivity contribution in [3.05, 3.63) is 35.6 Å². The fraction of sp³-hybridized carbons (Fsp3) is 0.667. The topological polar surface area (TPSA) is 64.6 Å². The number of halogens is 1. The van der Waals surface area contributed by atoms with Gasteiger partial charge in [-0.25, -0.2) is 17.5 Å². The van der Waals surface area contributed by atoms with Crippen LogP contribution in [0.25, 0.3) is 0 Å². The average Bonchev–Trinajstić information content (AvgIpc) is 2.98. The molecule has 1 aliphatic heterocycles. The zero-order valence-corrected chi connectivity index (χ0v) is 15.8. The summed E-state index contributed by atoms with van der Waals surface area (Å²) in [6.07, 6.45) is 2.26. The second kappa shape index (κ2) is 6.30. The lowest BCUT2D eigenvalue weighted by Crippen LogP contribution is -2.55. The van der Waals surface area contributed by atoms with Gasteiger partial charge in [-0.1, -0.05) is 12.1 Å². The summed E-state index contributed by atoms with van der Waals surface area (Å²) in [5, 5.41) is 0. The van der Waals surface area contributed by atoms with E-state index in [0.29, 0.717) is 38.9 Å². The molecule has 140 valence electrons. The molecule has 2 aliphatic rings. The minimum atomic E-state index is -3.57. The van der Waals surface area contributed by atoms with E-state index in [1.165, 1.54) is 12.1 Å². The number of rotatable bonds is 3. The molecule has 0 aromatic heterocycles. The van der Waals surface area contributed by atoms with Crippen LogP contribution in [0.3, 0.4) is 0 Å². The lowest BCUT2D eigenvalue weighted by atomic mass is 9.75. The molecule has 5 nitrogen and oxygen atoms in total. The SMILES string of the molecule is CC(C)(C)S(=O)(=O)NC1(c2ccc(F)cc2)CCC2(CC1)OCCO2. The van der Waals surface area contributed by atoms with Gasteiger partial charge in [-0.2, -0.15) is 0 Å². The first-order valence-electron chi connectivity index (χ1n) is 8.65. The van der Waals surface area contributed by atoms with Crippen LogP contribution in [0.1, 0.15) is 52.0 Å². The van der Waals surface area contributed by atoms with E-state index >= 15 is 0 Å². The third-order valence-electron chi connectivity index (χ3n) is 5.21. The molecule has 3 rings (SSSR count). The van der Waals surface area contributed by atoms with Crippen LogP contribution >= 0.6 is 0 Å². The fourth-order valence-electron chi connectivity index (χ4n) is 3.47. The van der Waals surface area contributed by atoms with Gasteiger partial charge in [-0.05, 0) is 51.3 Å². The van der Waals surface area contributed by atoms with E-state index in [-0.39, 0.29) is 5.82 Å². The third-order valence-corrected chi connectivity index (χ3v) is 7.48. The fourth-order valence-corrected chi connectivity index (χ4v) is 4.61. The van der Waals surface area contributed by atoms with E-state index in [1.54, 1.807) is 32.9 Å². The van der Waals surface area contributed by atoms with Gasteiger partial charge in [0.1, 0.15) is 5.82 Å². The molecule has 1 aliphatic carbocycles. The van der Waals surface area contributed by atoms with E-state index in [9.17, 15) is 12.8 Å². The highest BCUT2D eigenvalue weighted by Crippen LogP contribution is 2.45. The molecule has 0 amide bonds. The molecule has 0 unspecified atom stereocenters. The average molecular weight is 371 g/mol. The van der Waals surface area contributed by atoms with E-state index in [2.05, 4.69) is 4.72 Å². The Bertz CT molecular complexity index is 708. The molecule has 1 spiro atoms. The maximum atomic E-state index is 13.4. The summed E-state index contributed by atoms with van der Waals surface area (Å²) >= 11 is 0. The van der Waals surface area contributed by atoms with Crippen molar-refractivity contribution in [3.63, 3.8) is 0 Å². The van der Waals surface area contributed by atoms with Crippen LogP contribution in [-0.2, 0) is 25.0 Å². The normalized spacial score (nSPS) is 23.0. The van der Waals surface area contributed by atoms with Crippen LogP contribution in [0.5, 0.6) is 0 Å². The summed E-state index contributed by atoms with van der Waals surface area (Å²) in [4.78, 5) is 0. The molecule has 25 heavy (non-hydrogen) atoms. The van der Waals surface area contributed by atoms with Crippen molar-refractivity contribution in [1.82, 2.24) is 4.72 Å². The molecule has 1 aromatic carbocycles. The summed E-state index contributed by atoms with van der Waals surface area (Å²) in [6.45, 7) is 6.14. The maximum absolute atomic E-state index is 13.4. The standard InChI is InChI=1S/C18H26FNO4S/c1-16(2,3)25(21,22)20-17(14-4-6-15(19)7-5-14)8-10-18(11-9-17)23-12-13-24-18/h4-7,20H,8-13H2,1-3H3. The second-order valence-corrected chi connectivity index (χ2v) is 10.4. The zero-order chi connectivity index (χ0) is 18.3. The van der Waals surface area contributed by atoms with Gasteiger partial charge < -0.3 is 9.47 Å². The molecule has 0 radical (unpaired) electrons. The van der Waals surface area contributed by atoms with Gasteiger partial charge in [0.2, 0.25) is 10.0 Å². The molecule has 0 atom stereocenters. The first-order chi connectivity index (χ1) is 11.6. The van der Waals surface area contributed by atoms with E-state index < -0.39 is 26.1 Å². The zero-order valence-electron chi connectivity index (χ0n) is 15.0. The molecule has 7 heteroatoms. The number of hydrogen-bond donors (Lipinski definition) is 1. The molecular formula is C18H26FNO4S. The van der Waals surface area contributed by atoms with Crippen molar-refractivity contribution in [2.75, 3.05) is 13.2 Å². The molecule has 1 saturated carbocycles. The number of benzene rings is 1. The van der Waals surface area contributed by atoms with Crippen LogP contribution in [0.15, 0.2) is 24.3 Å². The Morgan fingerprint density at radius 1 is 1.00 bits per heavy atom. The van der Waals surface area contributed by atoms with Crippen LogP contribution in [-0.4, -0.2) is 32.2 Å². The second-order valence-electron chi connectivity index (χ2n) is 7.91. The molecule has 0 bridgehead atoms. The summed E-state index contributed by atoms with van der Waals surface area (Å²) in [7, 11) is -3.57. The molecule has 2 fully saturated rings. The van der Waals surface area contributed by atoms with Crippen LogP contribution in [0.4, 0.5) is 4.39 Å². The molecule has 1 N–H and O–H groups in total. The van der Waals surface area contributed by atoms with Gasteiger partial charge in [0.05, 0.1) is 23.5 Å². The smallest absolute Gasteiger partial charge is 0.217 e. The van der Waals surface area contributed by atoms with Crippen molar-refractivity contribution in [2.45, 2.75) is 62.5 Å². The lowest BCUT2D eigenvalue weighted by molar-refractivity contribution is -0.186.